The second-order valence-electron chi connectivity index (χ2n) is 3.27. The molecule has 0 bridgehead atoms. The minimum Gasteiger partial charge on any atom is -0.348 e. The van der Waals surface area contributed by atoms with Crippen molar-refractivity contribution < 1.29 is 4.79 Å². The first-order valence-corrected chi connectivity index (χ1v) is 5.32. The zero-order chi connectivity index (χ0) is 11.4. The van der Waals surface area contributed by atoms with E-state index in [2.05, 4.69) is 16.2 Å². The van der Waals surface area contributed by atoms with Crippen LogP contribution in [0.1, 0.15) is 17.4 Å². The summed E-state index contributed by atoms with van der Waals surface area (Å²) in [4.78, 5) is 17.1. The molecule has 1 unspecified atom stereocenters. The van der Waals surface area contributed by atoms with Crippen LogP contribution in [0.25, 0.3) is 0 Å². The van der Waals surface area contributed by atoms with E-state index in [4.69, 9.17) is 6.42 Å². The molecular weight excluding hydrogens is 210 g/mol. The number of aromatic nitrogens is 1. The third kappa shape index (κ3) is 2.96. The van der Waals surface area contributed by atoms with E-state index in [0.717, 1.165) is 0 Å². The van der Waals surface area contributed by atoms with E-state index in [1.807, 2.05) is 6.92 Å². The van der Waals surface area contributed by atoms with Crippen LogP contribution in [-0.4, -0.2) is 35.9 Å². The van der Waals surface area contributed by atoms with Crippen LogP contribution in [0.15, 0.2) is 5.38 Å². The molecule has 4 nitrogen and oxygen atoms in total. The molecule has 1 N–H and O–H groups in total. The van der Waals surface area contributed by atoms with Crippen LogP contribution in [-0.2, 0) is 0 Å². The number of nitrogens with one attached hydrogen (secondary N) is 1. The lowest BCUT2D eigenvalue weighted by molar-refractivity contribution is 0.0823. The third-order valence-electron chi connectivity index (χ3n) is 1.72. The maximum absolute atomic E-state index is 11.5. The van der Waals surface area contributed by atoms with Crippen LogP contribution in [0.3, 0.4) is 0 Å². The van der Waals surface area contributed by atoms with E-state index in [9.17, 15) is 4.79 Å². The topological polar surface area (TPSA) is 45.2 Å². The van der Waals surface area contributed by atoms with Crippen LogP contribution in [0.4, 0.5) is 5.13 Å². The zero-order valence-electron chi connectivity index (χ0n) is 8.94. The fourth-order valence-electron chi connectivity index (χ4n) is 0.894. The van der Waals surface area contributed by atoms with Crippen LogP contribution in [0.5, 0.6) is 0 Å². The van der Waals surface area contributed by atoms with Crippen LogP contribution in [0.2, 0.25) is 0 Å². The second-order valence-corrected chi connectivity index (χ2v) is 4.13. The zero-order valence-corrected chi connectivity index (χ0v) is 9.76. The number of hydrogen-bond donors (Lipinski definition) is 1. The summed E-state index contributed by atoms with van der Waals surface area (Å²) in [5.41, 5.74) is 0.441. The molecule has 5 heteroatoms. The molecule has 0 fully saturated rings. The van der Waals surface area contributed by atoms with Crippen molar-refractivity contribution in [3.8, 4) is 12.3 Å². The lowest BCUT2D eigenvalue weighted by Crippen LogP contribution is -2.22. The third-order valence-corrected chi connectivity index (χ3v) is 2.49. The van der Waals surface area contributed by atoms with E-state index in [-0.39, 0.29) is 11.9 Å². The van der Waals surface area contributed by atoms with Gasteiger partial charge in [-0.15, -0.1) is 17.8 Å². The lowest BCUT2D eigenvalue weighted by Gasteiger charge is -2.07. The normalized spacial score (nSPS) is 11.6. The fraction of sp³-hybridized carbons (Fsp3) is 0.400. The summed E-state index contributed by atoms with van der Waals surface area (Å²) in [6.45, 7) is 1.86. The molecule has 0 spiro atoms. The fourth-order valence-corrected chi connectivity index (χ4v) is 1.67. The summed E-state index contributed by atoms with van der Waals surface area (Å²) < 4.78 is 0. The highest BCUT2D eigenvalue weighted by Gasteiger charge is 2.12. The van der Waals surface area contributed by atoms with Crippen molar-refractivity contribution >= 4 is 22.4 Å². The molecular formula is C10H13N3OS. The minimum absolute atomic E-state index is 0.0848. The first-order valence-electron chi connectivity index (χ1n) is 4.44. The molecule has 1 aromatic heterocycles. The molecule has 0 aliphatic carbocycles. The molecule has 0 aliphatic heterocycles. The monoisotopic (exact) mass is 223 g/mol. The van der Waals surface area contributed by atoms with Crippen LogP contribution in [0, 0.1) is 12.3 Å². The van der Waals surface area contributed by atoms with Gasteiger partial charge in [0.2, 0.25) is 0 Å². The van der Waals surface area contributed by atoms with Gasteiger partial charge in [-0.25, -0.2) is 4.98 Å². The van der Waals surface area contributed by atoms with Gasteiger partial charge in [-0.2, -0.15) is 0 Å². The highest BCUT2D eigenvalue weighted by molar-refractivity contribution is 7.13. The molecule has 0 aromatic carbocycles. The summed E-state index contributed by atoms with van der Waals surface area (Å²) in [5.74, 6) is 2.43. The molecule has 0 radical (unpaired) electrons. The Morgan fingerprint density at radius 2 is 2.40 bits per heavy atom. The van der Waals surface area contributed by atoms with Gasteiger partial charge in [0.25, 0.3) is 5.91 Å². The lowest BCUT2D eigenvalue weighted by atomic mass is 10.4. The van der Waals surface area contributed by atoms with Gasteiger partial charge in [0.15, 0.2) is 5.13 Å². The van der Waals surface area contributed by atoms with Gasteiger partial charge in [-0.05, 0) is 6.92 Å². The molecule has 15 heavy (non-hydrogen) atoms. The molecule has 0 saturated heterocycles. The van der Waals surface area contributed by atoms with Crippen molar-refractivity contribution in [2.45, 2.75) is 13.0 Å². The van der Waals surface area contributed by atoms with Crippen molar-refractivity contribution in [3.05, 3.63) is 11.1 Å². The van der Waals surface area contributed by atoms with Crippen molar-refractivity contribution in [1.82, 2.24) is 9.88 Å². The van der Waals surface area contributed by atoms with E-state index < -0.39 is 0 Å². The summed E-state index contributed by atoms with van der Waals surface area (Å²) in [5, 5.41) is 5.39. The van der Waals surface area contributed by atoms with Crippen LogP contribution >= 0.6 is 11.3 Å². The quantitative estimate of drug-likeness (QED) is 0.785. The standard InChI is InChI=1S/C10H13N3OS/c1-5-7(2)11-10-12-8(6-15-10)9(14)13(3)4/h1,6-7H,2-4H3,(H,11,12). The molecule has 1 heterocycles. The SMILES string of the molecule is C#CC(C)Nc1nc(C(=O)N(C)C)cs1. The van der Waals surface area contributed by atoms with Crippen molar-refractivity contribution in [2.75, 3.05) is 19.4 Å². The number of anilines is 1. The number of terminal acetylenes is 1. The number of thiazole rings is 1. The Hall–Kier alpha value is -1.54. The largest absolute Gasteiger partial charge is 0.348 e. The molecule has 1 atom stereocenters. The number of rotatable bonds is 3. The van der Waals surface area contributed by atoms with E-state index >= 15 is 0 Å². The summed E-state index contributed by atoms with van der Waals surface area (Å²) in [7, 11) is 3.39. The number of nitrogens with zero attached hydrogens (tertiary/aromatic N) is 2. The Morgan fingerprint density at radius 3 is 2.93 bits per heavy atom. The minimum atomic E-state index is -0.104. The van der Waals surface area contributed by atoms with Gasteiger partial charge in [-0.1, -0.05) is 5.92 Å². The number of hydrogen-bond acceptors (Lipinski definition) is 4. The number of amides is 1. The molecule has 0 saturated carbocycles. The number of carbonyl (C=O) groups is 1. The first kappa shape index (κ1) is 11.5. The predicted molar refractivity (Wildman–Crippen MR) is 62.0 cm³/mol. The van der Waals surface area contributed by atoms with Gasteiger partial charge in [0.05, 0.1) is 6.04 Å². The van der Waals surface area contributed by atoms with Gasteiger partial charge >= 0.3 is 0 Å². The summed E-state index contributed by atoms with van der Waals surface area (Å²) in [6.07, 6.45) is 5.22. The Bertz CT molecular complexity index is 392. The molecule has 1 amide bonds. The predicted octanol–water partition coefficient (Wildman–Crippen LogP) is 1.28. The van der Waals surface area contributed by atoms with Crippen molar-refractivity contribution in [2.24, 2.45) is 0 Å². The Labute approximate surface area is 93.3 Å². The van der Waals surface area contributed by atoms with Gasteiger partial charge in [-0.3, -0.25) is 4.79 Å². The van der Waals surface area contributed by atoms with Gasteiger partial charge in [0.1, 0.15) is 5.69 Å². The average molecular weight is 223 g/mol. The van der Waals surface area contributed by atoms with E-state index in [1.54, 1.807) is 19.5 Å². The van der Waals surface area contributed by atoms with Gasteiger partial charge in [0, 0.05) is 19.5 Å². The second kappa shape index (κ2) is 4.80. The maximum Gasteiger partial charge on any atom is 0.272 e. The smallest absolute Gasteiger partial charge is 0.272 e. The summed E-state index contributed by atoms with van der Waals surface area (Å²) >= 11 is 1.37. The molecule has 80 valence electrons. The van der Waals surface area contributed by atoms with E-state index in [1.165, 1.54) is 16.2 Å². The first-order chi connectivity index (χ1) is 7.04. The average Bonchev–Trinajstić information content (AvgIpc) is 2.64. The maximum atomic E-state index is 11.5. The van der Waals surface area contributed by atoms with Crippen molar-refractivity contribution in [1.29, 1.82) is 0 Å². The number of carbonyl (C=O) groups excluding carboxylic acids is 1. The Balaban J connectivity index is 2.73. The summed E-state index contributed by atoms with van der Waals surface area (Å²) in [6, 6.07) is -0.0848. The van der Waals surface area contributed by atoms with Crippen LogP contribution < -0.4 is 5.32 Å². The highest BCUT2D eigenvalue weighted by atomic mass is 32.1. The Kier molecular flexibility index (Phi) is 3.69. The van der Waals surface area contributed by atoms with Crippen molar-refractivity contribution in [3.63, 3.8) is 0 Å². The Morgan fingerprint density at radius 1 is 1.73 bits per heavy atom. The molecule has 1 rings (SSSR count). The molecule has 1 aromatic rings. The highest BCUT2D eigenvalue weighted by Crippen LogP contribution is 2.16. The molecule has 0 aliphatic rings. The van der Waals surface area contributed by atoms with Gasteiger partial charge < -0.3 is 10.2 Å². The van der Waals surface area contributed by atoms with E-state index in [0.29, 0.717) is 10.8 Å².